The maximum atomic E-state index is 12.5. The van der Waals surface area contributed by atoms with Gasteiger partial charge in [-0.1, -0.05) is 6.07 Å². The summed E-state index contributed by atoms with van der Waals surface area (Å²) in [6, 6.07) is 8.10. The van der Waals surface area contributed by atoms with E-state index in [1.54, 1.807) is 24.4 Å². The molecule has 0 fully saturated rings. The summed E-state index contributed by atoms with van der Waals surface area (Å²) >= 11 is 0. The van der Waals surface area contributed by atoms with Gasteiger partial charge < -0.3 is 9.84 Å². The second-order valence-electron chi connectivity index (χ2n) is 4.10. The number of benzene rings is 1. The second-order valence-corrected chi connectivity index (χ2v) is 4.10. The number of carboxylic acid groups (broad SMARTS) is 1. The Bertz CT molecular complexity index is 628. The molecule has 1 atom stereocenters. The van der Waals surface area contributed by atoms with E-state index in [1.165, 1.54) is 12.1 Å². The lowest BCUT2D eigenvalue weighted by atomic mass is 10.1. The van der Waals surface area contributed by atoms with Crippen LogP contribution in [0.3, 0.4) is 0 Å². The van der Waals surface area contributed by atoms with E-state index in [-0.39, 0.29) is 5.75 Å². The van der Waals surface area contributed by atoms with Crippen LogP contribution in [0.2, 0.25) is 0 Å². The highest BCUT2D eigenvalue weighted by molar-refractivity contribution is 5.79. The van der Waals surface area contributed by atoms with Gasteiger partial charge in [0, 0.05) is 17.6 Å². The Kier molecular flexibility index (Phi) is 3.78. The van der Waals surface area contributed by atoms with Crippen LogP contribution in [0.4, 0.5) is 13.2 Å². The molecule has 1 unspecified atom stereocenters. The molecule has 7 heteroatoms. The van der Waals surface area contributed by atoms with E-state index in [4.69, 9.17) is 9.84 Å². The molecule has 20 heavy (non-hydrogen) atoms. The lowest BCUT2D eigenvalue weighted by Crippen LogP contribution is -2.35. The van der Waals surface area contributed by atoms with Gasteiger partial charge in [0.15, 0.2) is 5.92 Å². The number of carbonyl (C=O) groups is 1. The van der Waals surface area contributed by atoms with Crippen LogP contribution in [-0.2, 0) is 4.79 Å². The number of hydrogen-bond acceptors (Lipinski definition) is 3. The van der Waals surface area contributed by atoms with Gasteiger partial charge in [-0.05, 0) is 18.2 Å². The standard InChI is InChI=1S/C13H10F3NO3/c14-13(15,16)10(12(18)19)7-20-9-4-3-8-2-1-5-17-11(8)6-9/h1-6,10H,7H2,(H,18,19). The van der Waals surface area contributed by atoms with Crippen molar-refractivity contribution in [1.29, 1.82) is 0 Å². The van der Waals surface area contributed by atoms with E-state index < -0.39 is 24.7 Å². The number of hydrogen-bond donors (Lipinski definition) is 1. The summed E-state index contributed by atoms with van der Waals surface area (Å²) in [5, 5.41) is 9.36. The normalized spacial score (nSPS) is 13.2. The number of alkyl halides is 3. The first-order valence-electron chi connectivity index (χ1n) is 5.65. The van der Waals surface area contributed by atoms with Crippen molar-refractivity contribution in [2.75, 3.05) is 6.61 Å². The molecule has 2 aromatic rings. The lowest BCUT2D eigenvalue weighted by molar-refractivity contribution is -0.198. The maximum absolute atomic E-state index is 12.5. The van der Waals surface area contributed by atoms with Crippen LogP contribution < -0.4 is 4.74 Å². The number of carboxylic acids is 1. The smallest absolute Gasteiger partial charge is 0.405 e. The largest absolute Gasteiger partial charge is 0.492 e. The minimum Gasteiger partial charge on any atom is -0.492 e. The van der Waals surface area contributed by atoms with Gasteiger partial charge in [0.1, 0.15) is 12.4 Å². The van der Waals surface area contributed by atoms with Crippen LogP contribution >= 0.6 is 0 Å². The molecule has 1 aromatic carbocycles. The van der Waals surface area contributed by atoms with Gasteiger partial charge in [-0.3, -0.25) is 9.78 Å². The van der Waals surface area contributed by atoms with Crippen LogP contribution in [0.5, 0.6) is 5.75 Å². The zero-order valence-electron chi connectivity index (χ0n) is 10.1. The molecule has 0 radical (unpaired) electrons. The molecule has 0 aliphatic carbocycles. The van der Waals surface area contributed by atoms with E-state index >= 15 is 0 Å². The number of ether oxygens (including phenoxy) is 1. The van der Waals surface area contributed by atoms with Crippen molar-refractivity contribution in [2.45, 2.75) is 6.18 Å². The van der Waals surface area contributed by atoms with Gasteiger partial charge in [-0.2, -0.15) is 13.2 Å². The monoisotopic (exact) mass is 285 g/mol. The van der Waals surface area contributed by atoms with Gasteiger partial charge in [0.2, 0.25) is 0 Å². The van der Waals surface area contributed by atoms with Crippen molar-refractivity contribution in [2.24, 2.45) is 5.92 Å². The van der Waals surface area contributed by atoms with Crippen molar-refractivity contribution in [3.63, 3.8) is 0 Å². The molecule has 1 heterocycles. The molecule has 2 rings (SSSR count). The SMILES string of the molecule is O=C(O)C(COc1ccc2cccnc2c1)C(F)(F)F. The highest BCUT2D eigenvalue weighted by Crippen LogP contribution is 2.28. The number of aliphatic carboxylic acids is 1. The predicted molar refractivity (Wildman–Crippen MR) is 64.4 cm³/mol. The molecule has 1 N–H and O–H groups in total. The maximum Gasteiger partial charge on any atom is 0.405 e. The Hall–Kier alpha value is -2.31. The van der Waals surface area contributed by atoms with Gasteiger partial charge in [-0.15, -0.1) is 0 Å². The zero-order chi connectivity index (χ0) is 14.8. The second kappa shape index (κ2) is 5.36. The molecule has 0 amide bonds. The van der Waals surface area contributed by atoms with E-state index in [0.29, 0.717) is 5.52 Å². The Labute approximate surface area is 111 Å². The fraction of sp³-hybridized carbons (Fsp3) is 0.231. The van der Waals surface area contributed by atoms with Crippen LogP contribution in [0.25, 0.3) is 10.9 Å². The molecule has 0 aliphatic rings. The van der Waals surface area contributed by atoms with Gasteiger partial charge in [0.05, 0.1) is 5.52 Å². The van der Waals surface area contributed by atoms with Crippen molar-refractivity contribution in [1.82, 2.24) is 4.98 Å². The van der Waals surface area contributed by atoms with Gasteiger partial charge in [0.25, 0.3) is 0 Å². The number of rotatable bonds is 4. The molecule has 1 aromatic heterocycles. The van der Waals surface area contributed by atoms with E-state index in [9.17, 15) is 18.0 Å². The topological polar surface area (TPSA) is 59.4 Å². The third kappa shape index (κ3) is 3.17. The van der Waals surface area contributed by atoms with Gasteiger partial charge in [-0.25, -0.2) is 0 Å². The highest BCUT2D eigenvalue weighted by atomic mass is 19.4. The molecule has 0 saturated heterocycles. The third-order valence-electron chi connectivity index (χ3n) is 2.69. The van der Waals surface area contributed by atoms with Crippen molar-refractivity contribution in [3.8, 4) is 5.75 Å². The zero-order valence-corrected chi connectivity index (χ0v) is 10.1. The number of aromatic nitrogens is 1. The van der Waals surface area contributed by atoms with Crippen LogP contribution in [0.1, 0.15) is 0 Å². The Balaban J connectivity index is 2.14. The molecule has 0 aliphatic heterocycles. The molecular weight excluding hydrogens is 275 g/mol. The van der Waals surface area contributed by atoms with Crippen molar-refractivity contribution >= 4 is 16.9 Å². The average molecular weight is 285 g/mol. The molecular formula is C13H10F3NO3. The van der Waals surface area contributed by atoms with E-state index in [0.717, 1.165) is 5.39 Å². The lowest BCUT2D eigenvalue weighted by Gasteiger charge is -2.16. The molecule has 106 valence electrons. The summed E-state index contributed by atoms with van der Waals surface area (Å²) in [6.07, 6.45) is -3.30. The fourth-order valence-electron chi connectivity index (χ4n) is 1.62. The number of fused-ring (bicyclic) bond motifs is 1. The Morgan fingerprint density at radius 3 is 2.75 bits per heavy atom. The minimum atomic E-state index is -4.85. The summed E-state index contributed by atoms with van der Waals surface area (Å²) < 4.78 is 42.3. The summed E-state index contributed by atoms with van der Waals surface area (Å²) in [4.78, 5) is 14.6. The minimum absolute atomic E-state index is 0.145. The molecule has 0 spiro atoms. The summed E-state index contributed by atoms with van der Waals surface area (Å²) in [5.41, 5.74) is 0.559. The first-order valence-corrected chi connectivity index (χ1v) is 5.65. The summed E-state index contributed by atoms with van der Waals surface area (Å²) in [5.74, 6) is -4.37. The van der Waals surface area contributed by atoms with Gasteiger partial charge >= 0.3 is 12.1 Å². The highest BCUT2D eigenvalue weighted by Gasteiger charge is 2.45. The van der Waals surface area contributed by atoms with Crippen LogP contribution in [0, 0.1) is 5.92 Å². The third-order valence-corrected chi connectivity index (χ3v) is 2.69. The molecule has 0 bridgehead atoms. The Morgan fingerprint density at radius 2 is 2.10 bits per heavy atom. The quantitative estimate of drug-likeness (QED) is 0.938. The van der Waals surface area contributed by atoms with Crippen molar-refractivity contribution < 1.29 is 27.8 Å². The van der Waals surface area contributed by atoms with E-state index in [2.05, 4.69) is 4.98 Å². The Morgan fingerprint density at radius 1 is 1.35 bits per heavy atom. The van der Waals surface area contributed by atoms with E-state index in [1.807, 2.05) is 0 Å². The van der Waals surface area contributed by atoms with Crippen LogP contribution in [-0.4, -0.2) is 28.8 Å². The number of pyridine rings is 1. The molecule has 0 saturated carbocycles. The summed E-state index contributed by atoms with van der Waals surface area (Å²) in [6.45, 7) is -0.975. The summed E-state index contributed by atoms with van der Waals surface area (Å²) in [7, 11) is 0. The molecule has 4 nitrogen and oxygen atoms in total. The van der Waals surface area contributed by atoms with Crippen LogP contribution in [0.15, 0.2) is 36.5 Å². The fourth-order valence-corrected chi connectivity index (χ4v) is 1.62. The average Bonchev–Trinajstić information content (AvgIpc) is 2.36. The first-order chi connectivity index (χ1) is 9.38. The van der Waals surface area contributed by atoms with Crippen molar-refractivity contribution in [3.05, 3.63) is 36.5 Å². The first kappa shape index (κ1) is 14.1. The number of halogens is 3. The predicted octanol–water partition coefficient (Wildman–Crippen LogP) is 2.88. The number of nitrogens with zero attached hydrogens (tertiary/aromatic N) is 1.